The Bertz CT molecular complexity index is 1130. The SMILES string of the molecule is CNc1cn2cc(-c3c(C)c(F)c(C#N)c4[nH]ncc34)ccc2n1. The molecular weight excluding hydrogens is 307 g/mol. The first-order chi connectivity index (χ1) is 11.6. The molecule has 6 nitrogen and oxygen atoms in total. The van der Waals surface area contributed by atoms with E-state index >= 15 is 0 Å². The number of H-pyrrole nitrogens is 1. The lowest BCUT2D eigenvalue weighted by atomic mass is 9.95. The second-order valence-corrected chi connectivity index (χ2v) is 5.52. The molecule has 0 saturated heterocycles. The van der Waals surface area contributed by atoms with Crippen molar-refractivity contribution in [2.75, 3.05) is 12.4 Å². The minimum atomic E-state index is -0.522. The Labute approximate surface area is 136 Å². The maximum absolute atomic E-state index is 14.6. The van der Waals surface area contributed by atoms with Crippen LogP contribution in [-0.2, 0) is 0 Å². The van der Waals surface area contributed by atoms with Crippen LogP contribution in [-0.4, -0.2) is 26.6 Å². The Kier molecular flexibility index (Phi) is 3.00. The number of hydrogen-bond donors (Lipinski definition) is 2. The fourth-order valence-electron chi connectivity index (χ4n) is 3.01. The summed E-state index contributed by atoms with van der Waals surface area (Å²) in [6.45, 7) is 1.68. The van der Waals surface area contributed by atoms with Gasteiger partial charge in [-0.1, -0.05) is 0 Å². The molecule has 0 amide bonds. The first kappa shape index (κ1) is 14.2. The zero-order valence-corrected chi connectivity index (χ0v) is 13.1. The van der Waals surface area contributed by atoms with E-state index < -0.39 is 5.82 Å². The number of halogens is 1. The Morgan fingerprint density at radius 2 is 2.17 bits per heavy atom. The van der Waals surface area contributed by atoms with E-state index in [2.05, 4.69) is 20.5 Å². The predicted molar refractivity (Wildman–Crippen MR) is 89.2 cm³/mol. The van der Waals surface area contributed by atoms with Gasteiger partial charge in [0.25, 0.3) is 0 Å². The average Bonchev–Trinajstić information content (AvgIpc) is 3.22. The zero-order chi connectivity index (χ0) is 16.8. The molecular formula is C17H13FN6. The number of aromatic nitrogens is 4. The molecule has 0 spiro atoms. The van der Waals surface area contributed by atoms with E-state index in [1.165, 1.54) is 0 Å². The molecule has 2 N–H and O–H groups in total. The van der Waals surface area contributed by atoms with Gasteiger partial charge in [0.05, 0.1) is 17.9 Å². The molecule has 0 aliphatic heterocycles. The highest BCUT2D eigenvalue weighted by Crippen LogP contribution is 2.35. The van der Waals surface area contributed by atoms with Crippen LogP contribution in [0.3, 0.4) is 0 Å². The minimum Gasteiger partial charge on any atom is -0.372 e. The standard InChI is InChI=1S/C17H13FN6/c1-9-15(12-6-21-23-17(12)11(5-19)16(9)18)10-3-4-14-22-13(20-2)8-24(14)7-10/h3-4,6-8,20H,1-2H3,(H,21,23). The van der Waals surface area contributed by atoms with Crippen molar-refractivity contribution < 1.29 is 4.39 Å². The Balaban J connectivity index is 2.05. The van der Waals surface area contributed by atoms with Crippen molar-refractivity contribution in [2.45, 2.75) is 6.92 Å². The van der Waals surface area contributed by atoms with E-state index in [4.69, 9.17) is 0 Å². The van der Waals surface area contributed by atoms with Crippen LogP contribution in [0.5, 0.6) is 0 Å². The number of nitriles is 1. The maximum atomic E-state index is 14.6. The van der Waals surface area contributed by atoms with Gasteiger partial charge in [-0.3, -0.25) is 5.10 Å². The first-order valence-corrected chi connectivity index (χ1v) is 7.36. The van der Waals surface area contributed by atoms with Gasteiger partial charge in [0.1, 0.15) is 28.9 Å². The molecule has 24 heavy (non-hydrogen) atoms. The number of nitrogens with zero attached hydrogens (tertiary/aromatic N) is 4. The van der Waals surface area contributed by atoms with Crippen LogP contribution in [0, 0.1) is 24.1 Å². The zero-order valence-electron chi connectivity index (χ0n) is 13.1. The lowest BCUT2D eigenvalue weighted by molar-refractivity contribution is 0.617. The molecule has 0 bridgehead atoms. The summed E-state index contributed by atoms with van der Waals surface area (Å²) in [4.78, 5) is 4.40. The Morgan fingerprint density at radius 1 is 1.33 bits per heavy atom. The number of hydrogen-bond acceptors (Lipinski definition) is 4. The molecule has 118 valence electrons. The average molecular weight is 320 g/mol. The van der Waals surface area contributed by atoms with Crippen molar-refractivity contribution in [1.29, 1.82) is 5.26 Å². The molecule has 4 aromatic rings. The van der Waals surface area contributed by atoms with Gasteiger partial charge in [-0.2, -0.15) is 10.4 Å². The van der Waals surface area contributed by atoms with Gasteiger partial charge < -0.3 is 9.72 Å². The number of benzene rings is 1. The number of rotatable bonds is 2. The molecule has 3 aromatic heterocycles. The molecule has 7 heteroatoms. The van der Waals surface area contributed by atoms with Gasteiger partial charge >= 0.3 is 0 Å². The van der Waals surface area contributed by atoms with Crippen molar-refractivity contribution in [3.63, 3.8) is 0 Å². The van der Waals surface area contributed by atoms with Crippen molar-refractivity contribution in [1.82, 2.24) is 19.6 Å². The Morgan fingerprint density at radius 3 is 2.92 bits per heavy atom. The summed E-state index contributed by atoms with van der Waals surface area (Å²) in [5.41, 5.74) is 3.17. The van der Waals surface area contributed by atoms with E-state index in [-0.39, 0.29) is 5.56 Å². The highest BCUT2D eigenvalue weighted by Gasteiger charge is 2.19. The van der Waals surface area contributed by atoms with E-state index in [0.29, 0.717) is 11.1 Å². The van der Waals surface area contributed by atoms with Gasteiger partial charge in [-0.25, -0.2) is 9.37 Å². The normalized spacial score (nSPS) is 11.1. The quantitative estimate of drug-likeness (QED) is 0.594. The summed E-state index contributed by atoms with van der Waals surface area (Å²) in [5.74, 6) is 0.231. The molecule has 1 aromatic carbocycles. The molecule has 0 aliphatic carbocycles. The maximum Gasteiger partial charge on any atom is 0.146 e. The number of nitrogens with one attached hydrogen (secondary N) is 2. The number of imidazole rings is 1. The van der Waals surface area contributed by atoms with Crippen molar-refractivity contribution >= 4 is 22.4 Å². The van der Waals surface area contributed by atoms with Crippen LogP contribution in [0.1, 0.15) is 11.1 Å². The summed E-state index contributed by atoms with van der Waals surface area (Å²) in [6.07, 6.45) is 5.37. The first-order valence-electron chi connectivity index (χ1n) is 7.36. The number of fused-ring (bicyclic) bond motifs is 2. The van der Waals surface area contributed by atoms with Crippen LogP contribution in [0.2, 0.25) is 0 Å². The largest absolute Gasteiger partial charge is 0.372 e. The highest BCUT2D eigenvalue weighted by atomic mass is 19.1. The monoisotopic (exact) mass is 320 g/mol. The summed E-state index contributed by atoms with van der Waals surface area (Å²) in [7, 11) is 1.80. The van der Waals surface area contributed by atoms with E-state index in [1.807, 2.05) is 35.0 Å². The molecule has 0 unspecified atom stereocenters. The lowest BCUT2D eigenvalue weighted by Crippen LogP contribution is -1.96. The summed E-state index contributed by atoms with van der Waals surface area (Å²) >= 11 is 0. The van der Waals surface area contributed by atoms with Crippen molar-refractivity contribution in [3.8, 4) is 17.2 Å². The lowest BCUT2D eigenvalue weighted by Gasteiger charge is -2.11. The third-order valence-corrected chi connectivity index (χ3v) is 4.19. The Hall–Kier alpha value is -3.40. The summed E-state index contributed by atoms with van der Waals surface area (Å²) < 4.78 is 16.5. The van der Waals surface area contributed by atoms with Crippen LogP contribution in [0.15, 0.2) is 30.7 Å². The second kappa shape index (κ2) is 5.06. The van der Waals surface area contributed by atoms with Crippen LogP contribution >= 0.6 is 0 Å². The third kappa shape index (κ3) is 1.86. The van der Waals surface area contributed by atoms with Crippen LogP contribution in [0.4, 0.5) is 10.2 Å². The molecule has 0 fully saturated rings. The van der Waals surface area contributed by atoms with Gasteiger partial charge in [0.2, 0.25) is 0 Å². The predicted octanol–water partition coefficient (Wildman–Crippen LogP) is 3.24. The number of pyridine rings is 1. The highest BCUT2D eigenvalue weighted by molar-refractivity contribution is 5.99. The van der Waals surface area contributed by atoms with E-state index in [1.54, 1.807) is 20.2 Å². The van der Waals surface area contributed by atoms with Gasteiger partial charge in [0.15, 0.2) is 0 Å². The van der Waals surface area contributed by atoms with Crippen LogP contribution < -0.4 is 5.32 Å². The van der Waals surface area contributed by atoms with Gasteiger partial charge in [0, 0.05) is 24.2 Å². The summed E-state index contributed by atoms with van der Waals surface area (Å²) in [6, 6.07) is 5.68. The molecule has 3 heterocycles. The number of anilines is 1. The molecule has 4 rings (SSSR count). The topological polar surface area (TPSA) is 81.8 Å². The minimum absolute atomic E-state index is 0.00933. The number of aromatic amines is 1. The second-order valence-electron chi connectivity index (χ2n) is 5.52. The molecule has 0 radical (unpaired) electrons. The van der Waals surface area contributed by atoms with Crippen molar-refractivity contribution in [3.05, 3.63) is 47.7 Å². The fourth-order valence-corrected chi connectivity index (χ4v) is 3.01. The molecule has 0 aliphatic rings. The van der Waals surface area contributed by atoms with E-state index in [9.17, 15) is 9.65 Å². The van der Waals surface area contributed by atoms with Crippen LogP contribution in [0.25, 0.3) is 27.7 Å². The van der Waals surface area contributed by atoms with Crippen molar-refractivity contribution in [2.24, 2.45) is 0 Å². The summed E-state index contributed by atoms with van der Waals surface area (Å²) in [5, 5.41) is 19.7. The fraction of sp³-hybridized carbons (Fsp3) is 0.118. The van der Waals surface area contributed by atoms with E-state index in [0.717, 1.165) is 28.0 Å². The molecule has 0 atom stereocenters. The smallest absolute Gasteiger partial charge is 0.146 e. The van der Waals surface area contributed by atoms with Gasteiger partial charge in [-0.15, -0.1) is 0 Å². The van der Waals surface area contributed by atoms with Gasteiger partial charge in [-0.05, 0) is 30.2 Å². The molecule has 0 saturated carbocycles. The third-order valence-electron chi connectivity index (χ3n) is 4.19.